The topological polar surface area (TPSA) is 89.9 Å². The summed E-state index contributed by atoms with van der Waals surface area (Å²) in [6.07, 6.45) is 3.59. The second-order valence-corrected chi connectivity index (χ2v) is 4.23. The van der Waals surface area contributed by atoms with E-state index < -0.39 is 5.97 Å². The van der Waals surface area contributed by atoms with Gasteiger partial charge < -0.3 is 20.4 Å². The van der Waals surface area contributed by atoms with Gasteiger partial charge in [0.25, 0.3) is 0 Å². The van der Waals surface area contributed by atoms with Crippen LogP contribution in [0.3, 0.4) is 0 Å². The number of aliphatic hydroxyl groups excluding tert-OH is 1. The molecule has 0 spiro atoms. The Morgan fingerprint density at radius 1 is 1.35 bits per heavy atom. The van der Waals surface area contributed by atoms with Crippen molar-refractivity contribution in [1.29, 1.82) is 0 Å². The number of hydrogen-bond donors (Lipinski definition) is 3. The lowest BCUT2D eigenvalue weighted by atomic mass is 9.92. The van der Waals surface area contributed by atoms with Gasteiger partial charge in [-0.1, -0.05) is 0 Å². The van der Waals surface area contributed by atoms with E-state index in [1.807, 2.05) is 0 Å². The second kappa shape index (κ2) is 7.11. The first-order valence-electron chi connectivity index (χ1n) is 6.02. The Morgan fingerprint density at radius 2 is 2.06 bits per heavy atom. The van der Waals surface area contributed by atoms with Gasteiger partial charge in [0.1, 0.15) is 0 Å². The minimum absolute atomic E-state index is 0.0426. The van der Waals surface area contributed by atoms with Crippen LogP contribution in [0.1, 0.15) is 32.1 Å². The average molecular weight is 244 g/mol. The molecule has 17 heavy (non-hydrogen) atoms. The molecule has 0 aliphatic heterocycles. The third kappa shape index (κ3) is 4.60. The largest absolute Gasteiger partial charge is 0.481 e. The van der Waals surface area contributed by atoms with Gasteiger partial charge in [-0.3, -0.25) is 4.79 Å². The van der Waals surface area contributed by atoms with Gasteiger partial charge in [0.05, 0.1) is 6.61 Å². The molecule has 0 aromatic heterocycles. The Balaban J connectivity index is 2.24. The van der Waals surface area contributed by atoms with Crippen molar-refractivity contribution < 1.29 is 19.8 Å². The summed E-state index contributed by atoms with van der Waals surface area (Å²) < 4.78 is 0. The third-order valence-electron chi connectivity index (χ3n) is 2.96. The summed E-state index contributed by atoms with van der Waals surface area (Å²) >= 11 is 0. The Morgan fingerprint density at radius 3 is 2.53 bits per heavy atom. The molecule has 0 atom stereocenters. The van der Waals surface area contributed by atoms with Gasteiger partial charge in [0, 0.05) is 25.6 Å². The lowest BCUT2D eigenvalue weighted by Gasteiger charge is -2.37. The lowest BCUT2D eigenvalue weighted by Crippen LogP contribution is -2.50. The number of carbonyl (C=O) groups is 2. The van der Waals surface area contributed by atoms with Crippen molar-refractivity contribution in [3.8, 4) is 0 Å². The highest BCUT2D eigenvalue weighted by molar-refractivity contribution is 5.74. The zero-order valence-electron chi connectivity index (χ0n) is 9.89. The number of urea groups is 1. The van der Waals surface area contributed by atoms with Gasteiger partial charge in [0.15, 0.2) is 0 Å². The van der Waals surface area contributed by atoms with Crippen LogP contribution in [0.5, 0.6) is 0 Å². The fraction of sp³-hybridized carbons (Fsp3) is 0.818. The van der Waals surface area contributed by atoms with E-state index in [0.29, 0.717) is 19.5 Å². The molecular formula is C11H20N2O4. The highest BCUT2D eigenvalue weighted by atomic mass is 16.4. The van der Waals surface area contributed by atoms with Crippen LogP contribution in [0.25, 0.3) is 0 Å². The Kier molecular flexibility index (Phi) is 5.76. The first-order chi connectivity index (χ1) is 8.15. The molecule has 0 radical (unpaired) electrons. The summed E-state index contributed by atoms with van der Waals surface area (Å²) in [5, 5.41) is 20.0. The molecule has 1 aliphatic rings. The van der Waals surface area contributed by atoms with E-state index in [-0.39, 0.29) is 25.1 Å². The summed E-state index contributed by atoms with van der Waals surface area (Å²) in [4.78, 5) is 23.7. The van der Waals surface area contributed by atoms with Crippen LogP contribution in [-0.4, -0.2) is 52.9 Å². The van der Waals surface area contributed by atoms with Gasteiger partial charge >= 0.3 is 12.0 Å². The quantitative estimate of drug-likeness (QED) is 0.566. The number of aliphatic hydroxyl groups is 1. The van der Waals surface area contributed by atoms with Crippen molar-refractivity contribution >= 4 is 12.0 Å². The van der Waals surface area contributed by atoms with E-state index in [0.717, 1.165) is 19.3 Å². The van der Waals surface area contributed by atoms with Crippen LogP contribution in [0.4, 0.5) is 4.79 Å². The Bertz CT molecular complexity index is 266. The molecule has 2 amide bonds. The SMILES string of the molecule is O=C(O)CCCNC(=O)N(CCO)C1CCC1. The van der Waals surface area contributed by atoms with Crippen molar-refractivity contribution in [2.45, 2.75) is 38.1 Å². The molecular weight excluding hydrogens is 224 g/mol. The molecule has 1 rings (SSSR count). The summed E-state index contributed by atoms with van der Waals surface area (Å²) in [5.41, 5.74) is 0. The van der Waals surface area contributed by atoms with Crippen LogP contribution in [0.2, 0.25) is 0 Å². The number of amides is 2. The highest BCUT2D eigenvalue weighted by Gasteiger charge is 2.27. The highest BCUT2D eigenvalue weighted by Crippen LogP contribution is 2.24. The van der Waals surface area contributed by atoms with E-state index in [2.05, 4.69) is 5.32 Å². The van der Waals surface area contributed by atoms with Gasteiger partial charge in [-0.2, -0.15) is 0 Å². The van der Waals surface area contributed by atoms with Gasteiger partial charge in [-0.05, 0) is 25.7 Å². The van der Waals surface area contributed by atoms with Crippen LogP contribution < -0.4 is 5.32 Å². The van der Waals surface area contributed by atoms with E-state index in [9.17, 15) is 9.59 Å². The van der Waals surface area contributed by atoms with E-state index in [4.69, 9.17) is 10.2 Å². The van der Waals surface area contributed by atoms with Crippen LogP contribution >= 0.6 is 0 Å². The summed E-state index contributed by atoms with van der Waals surface area (Å²) in [5.74, 6) is -0.856. The fourth-order valence-electron chi connectivity index (χ4n) is 1.79. The molecule has 1 saturated carbocycles. The fourth-order valence-corrected chi connectivity index (χ4v) is 1.79. The zero-order valence-corrected chi connectivity index (χ0v) is 9.89. The monoisotopic (exact) mass is 244 g/mol. The summed E-state index contributed by atoms with van der Waals surface area (Å²) in [7, 11) is 0. The van der Waals surface area contributed by atoms with Crippen LogP contribution in [-0.2, 0) is 4.79 Å². The number of rotatable bonds is 7. The van der Waals surface area contributed by atoms with Gasteiger partial charge in [-0.25, -0.2) is 4.79 Å². The standard InChI is InChI=1S/C11H20N2O4/c14-8-7-13(9-3-1-4-9)11(17)12-6-2-5-10(15)16/h9,14H,1-8H2,(H,12,17)(H,15,16). The van der Waals surface area contributed by atoms with Gasteiger partial charge in [0.2, 0.25) is 0 Å². The maximum absolute atomic E-state index is 11.8. The predicted molar refractivity (Wildman–Crippen MR) is 61.7 cm³/mol. The molecule has 6 heteroatoms. The Labute approximate surface area is 101 Å². The molecule has 0 aromatic carbocycles. The number of carboxylic acids is 1. The predicted octanol–water partition coefficient (Wildman–Crippen LogP) is 0.408. The first-order valence-corrected chi connectivity index (χ1v) is 6.02. The minimum atomic E-state index is -0.856. The van der Waals surface area contributed by atoms with Crippen molar-refractivity contribution in [1.82, 2.24) is 10.2 Å². The number of nitrogens with zero attached hydrogens (tertiary/aromatic N) is 1. The van der Waals surface area contributed by atoms with Crippen LogP contribution in [0.15, 0.2) is 0 Å². The number of hydrogen-bond acceptors (Lipinski definition) is 3. The van der Waals surface area contributed by atoms with Crippen molar-refractivity contribution in [3.05, 3.63) is 0 Å². The van der Waals surface area contributed by atoms with E-state index in [1.165, 1.54) is 0 Å². The average Bonchev–Trinajstić information content (AvgIpc) is 2.20. The van der Waals surface area contributed by atoms with Crippen molar-refractivity contribution in [2.75, 3.05) is 19.7 Å². The molecule has 0 heterocycles. The van der Waals surface area contributed by atoms with E-state index >= 15 is 0 Å². The maximum atomic E-state index is 11.8. The number of carbonyl (C=O) groups excluding carboxylic acids is 1. The number of aliphatic carboxylic acids is 1. The molecule has 0 saturated heterocycles. The maximum Gasteiger partial charge on any atom is 0.317 e. The first kappa shape index (κ1) is 13.8. The second-order valence-electron chi connectivity index (χ2n) is 4.23. The molecule has 0 unspecified atom stereocenters. The van der Waals surface area contributed by atoms with Gasteiger partial charge in [-0.15, -0.1) is 0 Å². The molecule has 0 bridgehead atoms. The lowest BCUT2D eigenvalue weighted by molar-refractivity contribution is -0.137. The molecule has 1 aliphatic carbocycles. The molecule has 1 fully saturated rings. The van der Waals surface area contributed by atoms with Crippen molar-refractivity contribution in [3.63, 3.8) is 0 Å². The molecule has 98 valence electrons. The normalized spacial score (nSPS) is 15.1. The number of carboxylic acid groups (broad SMARTS) is 1. The zero-order chi connectivity index (χ0) is 12.7. The van der Waals surface area contributed by atoms with Crippen molar-refractivity contribution in [2.24, 2.45) is 0 Å². The minimum Gasteiger partial charge on any atom is -0.481 e. The Hall–Kier alpha value is -1.30. The van der Waals surface area contributed by atoms with Crippen LogP contribution in [0, 0.1) is 0 Å². The third-order valence-corrected chi connectivity index (χ3v) is 2.96. The molecule has 0 aromatic rings. The molecule has 6 nitrogen and oxygen atoms in total. The van der Waals surface area contributed by atoms with E-state index in [1.54, 1.807) is 4.90 Å². The smallest absolute Gasteiger partial charge is 0.317 e. The summed E-state index contributed by atoms with van der Waals surface area (Å²) in [6.45, 7) is 0.661. The number of nitrogens with one attached hydrogen (secondary N) is 1. The summed E-state index contributed by atoms with van der Waals surface area (Å²) in [6, 6.07) is 0.0377. The molecule has 3 N–H and O–H groups in total.